The second kappa shape index (κ2) is 11.5. The first kappa shape index (κ1) is 23.7. The van der Waals surface area contributed by atoms with Crippen LogP contribution in [-0.4, -0.2) is 67.7 Å². The number of hydrogen-bond acceptors (Lipinski definition) is 5. The van der Waals surface area contributed by atoms with E-state index < -0.39 is 5.60 Å². The maximum atomic E-state index is 11.5. The zero-order valence-corrected chi connectivity index (χ0v) is 18.7. The molecule has 0 bridgehead atoms. The highest BCUT2D eigenvalue weighted by Crippen LogP contribution is 2.21. The van der Waals surface area contributed by atoms with Gasteiger partial charge in [-0.3, -0.25) is 9.69 Å². The van der Waals surface area contributed by atoms with Gasteiger partial charge in [-0.1, -0.05) is 0 Å². The van der Waals surface area contributed by atoms with Crippen molar-refractivity contribution >= 4 is 35.8 Å². The third-order valence-electron chi connectivity index (χ3n) is 4.52. The van der Waals surface area contributed by atoms with Crippen LogP contribution in [0.5, 0.6) is 0 Å². The number of hydrogen-bond donors (Lipinski definition) is 4. The lowest BCUT2D eigenvalue weighted by atomic mass is 10.0. The molecule has 0 saturated carbocycles. The van der Waals surface area contributed by atoms with E-state index in [1.54, 1.807) is 32.4 Å². The Balaban J connectivity index is 0.00000364. The fourth-order valence-electron chi connectivity index (χ4n) is 2.93. The van der Waals surface area contributed by atoms with Crippen LogP contribution in [-0.2, 0) is 10.4 Å². The molecule has 1 fully saturated rings. The summed E-state index contributed by atoms with van der Waals surface area (Å²) in [6.45, 7) is 6.83. The van der Waals surface area contributed by atoms with Gasteiger partial charge in [0.25, 0.3) is 0 Å². The Bertz CT molecular complexity index is 584. The number of furan rings is 1. The first-order chi connectivity index (χ1) is 12.4. The van der Waals surface area contributed by atoms with Crippen molar-refractivity contribution in [2.45, 2.75) is 38.3 Å². The van der Waals surface area contributed by atoms with Crippen LogP contribution in [0.4, 0.5) is 0 Å². The van der Waals surface area contributed by atoms with E-state index in [1.165, 1.54) is 0 Å². The van der Waals surface area contributed by atoms with E-state index in [0.717, 1.165) is 32.5 Å². The third-order valence-corrected chi connectivity index (χ3v) is 4.52. The van der Waals surface area contributed by atoms with E-state index in [1.807, 2.05) is 6.92 Å². The number of rotatable bonds is 7. The molecule has 8 nitrogen and oxygen atoms in total. The van der Waals surface area contributed by atoms with Crippen LogP contribution in [0.3, 0.4) is 0 Å². The molecule has 0 radical (unpaired) electrons. The number of halogens is 1. The lowest BCUT2D eigenvalue weighted by molar-refractivity contribution is -0.122. The predicted octanol–water partition coefficient (Wildman–Crippen LogP) is 0.871. The molecule has 2 heterocycles. The van der Waals surface area contributed by atoms with Crippen molar-refractivity contribution in [3.05, 3.63) is 24.2 Å². The maximum absolute atomic E-state index is 11.5. The van der Waals surface area contributed by atoms with Gasteiger partial charge in [0.2, 0.25) is 5.91 Å². The summed E-state index contributed by atoms with van der Waals surface area (Å²) in [5, 5.41) is 19.8. The van der Waals surface area contributed by atoms with E-state index in [0.29, 0.717) is 24.3 Å². The smallest absolute Gasteiger partial charge is 0.233 e. The van der Waals surface area contributed by atoms with Crippen LogP contribution >= 0.6 is 24.0 Å². The van der Waals surface area contributed by atoms with E-state index in [2.05, 4.69) is 25.8 Å². The van der Waals surface area contributed by atoms with Gasteiger partial charge in [0.05, 0.1) is 19.4 Å². The second-order valence-electron chi connectivity index (χ2n) is 6.81. The molecule has 1 amide bonds. The normalized spacial score (nSPS) is 18.3. The summed E-state index contributed by atoms with van der Waals surface area (Å²) >= 11 is 0. The third kappa shape index (κ3) is 7.67. The Morgan fingerprint density at radius 2 is 2.15 bits per heavy atom. The van der Waals surface area contributed by atoms with E-state index in [-0.39, 0.29) is 36.4 Å². The van der Waals surface area contributed by atoms with Crippen LogP contribution in [0.15, 0.2) is 27.8 Å². The molecular weight excluding hydrogens is 461 g/mol. The van der Waals surface area contributed by atoms with Crippen molar-refractivity contribution in [2.75, 3.05) is 39.8 Å². The van der Waals surface area contributed by atoms with Crippen LogP contribution < -0.4 is 16.0 Å². The molecule has 1 saturated heterocycles. The molecule has 9 heteroatoms. The van der Waals surface area contributed by atoms with Gasteiger partial charge >= 0.3 is 0 Å². The van der Waals surface area contributed by atoms with E-state index in [4.69, 9.17) is 4.42 Å². The van der Waals surface area contributed by atoms with Crippen molar-refractivity contribution in [2.24, 2.45) is 4.99 Å². The molecule has 4 N–H and O–H groups in total. The average Bonchev–Trinajstić information content (AvgIpc) is 3.17. The molecular formula is C18H32IN5O3. The molecule has 1 unspecified atom stereocenters. The Hall–Kier alpha value is -1.33. The van der Waals surface area contributed by atoms with Crippen LogP contribution in [0.1, 0.15) is 32.4 Å². The highest BCUT2D eigenvalue weighted by molar-refractivity contribution is 14.0. The van der Waals surface area contributed by atoms with Gasteiger partial charge in [0.15, 0.2) is 5.96 Å². The number of likely N-dealkylation sites (tertiary alicyclic amines) is 1. The van der Waals surface area contributed by atoms with Gasteiger partial charge in [-0.05, 0) is 38.8 Å². The highest BCUT2D eigenvalue weighted by atomic mass is 127. The van der Waals surface area contributed by atoms with Crippen molar-refractivity contribution in [3.8, 4) is 0 Å². The number of likely N-dealkylation sites (N-methyl/N-ethyl adjacent to an activating group) is 1. The number of nitrogens with zero attached hydrogens (tertiary/aromatic N) is 2. The van der Waals surface area contributed by atoms with Gasteiger partial charge in [-0.15, -0.1) is 24.0 Å². The monoisotopic (exact) mass is 493 g/mol. The van der Waals surface area contributed by atoms with Gasteiger partial charge in [0, 0.05) is 32.7 Å². The lowest BCUT2D eigenvalue weighted by Crippen LogP contribution is -2.50. The zero-order chi connectivity index (χ0) is 19.0. The minimum Gasteiger partial charge on any atom is -0.466 e. The molecule has 1 aromatic heterocycles. The number of guanidine groups is 1. The molecule has 0 aromatic carbocycles. The highest BCUT2D eigenvalue weighted by Gasteiger charge is 2.26. The molecule has 1 aliphatic rings. The largest absolute Gasteiger partial charge is 0.466 e. The summed E-state index contributed by atoms with van der Waals surface area (Å²) in [5.41, 5.74) is -1.15. The molecule has 27 heavy (non-hydrogen) atoms. The number of piperidine rings is 1. The Labute approximate surface area is 178 Å². The quantitative estimate of drug-likeness (QED) is 0.256. The topological polar surface area (TPSA) is 102 Å². The molecule has 0 spiro atoms. The predicted molar refractivity (Wildman–Crippen MR) is 116 cm³/mol. The Kier molecular flexibility index (Phi) is 10.1. The molecule has 0 aliphatic carbocycles. The van der Waals surface area contributed by atoms with Crippen molar-refractivity contribution < 1.29 is 14.3 Å². The number of aliphatic imine (C=N–C) groups is 1. The summed E-state index contributed by atoms with van der Waals surface area (Å²) in [6, 6.07) is 3.80. The molecule has 154 valence electrons. The number of nitrogens with one attached hydrogen (secondary N) is 3. The van der Waals surface area contributed by atoms with Crippen molar-refractivity contribution in [1.82, 2.24) is 20.9 Å². The standard InChI is InChI=1S/C18H31N5O3.HI/c1-4-20-17(21-13-18(2,25)15-6-5-11-26-15)22-14-7-9-23(10-8-14)12-16(24)19-3;/h5-6,11,14,25H,4,7-10,12-13H2,1-3H3,(H,19,24)(H2,20,21,22);1H. The van der Waals surface area contributed by atoms with Crippen molar-refractivity contribution in [1.29, 1.82) is 0 Å². The fourth-order valence-corrected chi connectivity index (χ4v) is 2.93. The van der Waals surface area contributed by atoms with Gasteiger partial charge in [-0.25, -0.2) is 4.99 Å². The molecule has 1 atom stereocenters. The Morgan fingerprint density at radius 1 is 1.44 bits per heavy atom. The number of aliphatic hydroxyl groups is 1. The first-order valence-electron chi connectivity index (χ1n) is 9.18. The van der Waals surface area contributed by atoms with Crippen molar-refractivity contribution in [3.63, 3.8) is 0 Å². The summed E-state index contributed by atoms with van der Waals surface area (Å²) < 4.78 is 5.29. The minimum absolute atomic E-state index is 0. The van der Waals surface area contributed by atoms with Gasteiger partial charge in [-0.2, -0.15) is 0 Å². The van der Waals surface area contributed by atoms with Gasteiger partial charge < -0.3 is 25.5 Å². The van der Waals surface area contributed by atoms with E-state index in [9.17, 15) is 9.90 Å². The second-order valence-corrected chi connectivity index (χ2v) is 6.81. The van der Waals surface area contributed by atoms with Crippen LogP contribution in [0.25, 0.3) is 0 Å². The summed E-state index contributed by atoms with van der Waals surface area (Å²) in [5.74, 6) is 1.23. The number of carbonyl (C=O) groups is 1. The van der Waals surface area contributed by atoms with E-state index >= 15 is 0 Å². The first-order valence-corrected chi connectivity index (χ1v) is 9.18. The minimum atomic E-state index is -1.15. The maximum Gasteiger partial charge on any atom is 0.233 e. The lowest BCUT2D eigenvalue weighted by Gasteiger charge is -2.32. The molecule has 1 aliphatic heterocycles. The molecule has 2 rings (SSSR count). The fraction of sp³-hybridized carbons (Fsp3) is 0.667. The Morgan fingerprint density at radius 3 is 2.70 bits per heavy atom. The summed E-state index contributed by atoms with van der Waals surface area (Å²) in [7, 11) is 1.66. The SMILES string of the molecule is CCNC(=NCC(C)(O)c1ccco1)NC1CCN(CC(=O)NC)CC1.I. The summed E-state index contributed by atoms with van der Waals surface area (Å²) in [4.78, 5) is 18.2. The average molecular weight is 493 g/mol. The zero-order valence-electron chi connectivity index (χ0n) is 16.3. The van der Waals surface area contributed by atoms with Crippen LogP contribution in [0, 0.1) is 0 Å². The molecule has 1 aromatic rings. The summed E-state index contributed by atoms with van der Waals surface area (Å²) in [6.07, 6.45) is 3.43. The number of carbonyl (C=O) groups excluding carboxylic acids is 1. The van der Waals surface area contributed by atoms with Crippen LogP contribution in [0.2, 0.25) is 0 Å². The number of amides is 1. The van der Waals surface area contributed by atoms with Gasteiger partial charge in [0.1, 0.15) is 11.4 Å².